The number of benzene rings is 1. The molecule has 0 radical (unpaired) electrons. The summed E-state index contributed by atoms with van der Waals surface area (Å²) in [4.78, 5) is 5.58. The first kappa shape index (κ1) is 12.6. The summed E-state index contributed by atoms with van der Waals surface area (Å²) in [6.45, 7) is 3.04. The highest BCUT2D eigenvalue weighted by Crippen LogP contribution is 2.29. The second kappa shape index (κ2) is 6.77. The van der Waals surface area contributed by atoms with Gasteiger partial charge in [0.25, 0.3) is 0 Å². The summed E-state index contributed by atoms with van der Waals surface area (Å²) in [7, 11) is 0. The van der Waals surface area contributed by atoms with E-state index in [9.17, 15) is 0 Å². The monoisotopic (exact) mass is 233 g/mol. The molecule has 0 saturated carbocycles. The minimum absolute atomic E-state index is 0.390. The molecule has 0 bridgehead atoms. The fourth-order valence-electron chi connectivity index (χ4n) is 2.46. The van der Waals surface area contributed by atoms with Crippen LogP contribution in [0.15, 0.2) is 24.3 Å². The predicted octanol–water partition coefficient (Wildman–Crippen LogP) is 3.78. The number of unbranched alkanes of at least 4 members (excludes halogenated alkanes) is 2. The van der Waals surface area contributed by atoms with Gasteiger partial charge in [0.05, 0.1) is 12.6 Å². The molecule has 0 amide bonds. The number of aryl methyl sites for hydroxylation is 1. The van der Waals surface area contributed by atoms with Gasteiger partial charge in [-0.05, 0) is 36.8 Å². The number of hydrogen-bond donors (Lipinski definition) is 1. The third kappa shape index (κ3) is 3.55. The molecule has 1 aliphatic rings. The summed E-state index contributed by atoms with van der Waals surface area (Å²) in [5.41, 5.74) is 6.14. The fraction of sp³-hybridized carbons (Fsp3) is 0.600. The van der Waals surface area contributed by atoms with Gasteiger partial charge in [-0.3, -0.25) is 0 Å². The molecular formula is C15H23NO. The number of fused-ring (bicyclic) bond motifs is 1. The SMILES string of the molecule is CCCCCONC1CCCc2ccccc21. The molecule has 1 atom stereocenters. The van der Waals surface area contributed by atoms with Crippen LogP contribution >= 0.6 is 0 Å². The first-order chi connectivity index (χ1) is 8.42. The van der Waals surface area contributed by atoms with Crippen molar-refractivity contribution in [3.63, 3.8) is 0 Å². The van der Waals surface area contributed by atoms with Crippen molar-refractivity contribution in [2.24, 2.45) is 0 Å². The first-order valence-electron chi connectivity index (χ1n) is 6.87. The lowest BCUT2D eigenvalue weighted by molar-refractivity contribution is 0.00934. The lowest BCUT2D eigenvalue weighted by Crippen LogP contribution is -2.25. The van der Waals surface area contributed by atoms with Crippen molar-refractivity contribution in [3.8, 4) is 0 Å². The second-order valence-corrected chi connectivity index (χ2v) is 4.82. The van der Waals surface area contributed by atoms with E-state index < -0.39 is 0 Å². The van der Waals surface area contributed by atoms with E-state index in [-0.39, 0.29) is 0 Å². The summed E-state index contributed by atoms with van der Waals surface area (Å²) in [6.07, 6.45) is 7.30. The van der Waals surface area contributed by atoms with Gasteiger partial charge in [-0.25, -0.2) is 0 Å². The van der Waals surface area contributed by atoms with Gasteiger partial charge in [0.15, 0.2) is 0 Å². The van der Waals surface area contributed by atoms with Gasteiger partial charge in [-0.2, -0.15) is 5.48 Å². The molecule has 1 aromatic rings. The Morgan fingerprint density at radius 2 is 2.18 bits per heavy atom. The minimum atomic E-state index is 0.390. The maximum Gasteiger partial charge on any atom is 0.0682 e. The highest BCUT2D eigenvalue weighted by Gasteiger charge is 2.19. The Labute approximate surface area is 104 Å². The van der Waals surface area contributed by atoms with E-state index in [4.69, 9.17) is 4.84 Å². The van der Waals surface area contributed by atoms with Crippen molar-refractivity contribution < 1.29 is 4.84 Å². The Balaban J connectivity index is 1.82. The smallest absolute Gasteiger partial charge is 0.0682 e. The largest absolute Gasteiger partial charge is 0.301 e. The van der Waals surface area contributed by atoms with Crippen LogP contribution in [-0.2, 0) is 11.3 Å². The Bertz CT molecular complexity index is 337. The van der Waals surface area contributed by atoms with E-state index in [0.717, 1.165) is 13.0 Å². The molecule has 0 heterocycles. The van der Waals surface area contributed by atoms with Crippen molar-refractivity contribution in [3.05, 3.63) is 35.4 Å². The second-order valence-electron chi connectivity index (χ2n) is 4.82. The Hall–Kier alpha value is -0.860. The minimum Gasteiger partial charge on any atom is -0.301 e. The molecule has 1 aromatic carbocycles. The highest BCUT2D eigenvalue weighted by molar-refractivity contribution is 5.31. The van der Waals surface area contributed by atoms with Crippen LogP contribution in [0.1, 0.15) is 56.2 Å². The van der Waals surface area contributed by atoms with E-state index in [1.165, 1.54) is 43.2 Å². The molecule has 2 heteroatoms. The van der Waals surface area contributed by atoms with Crippen molar-refractivity contribution >= 4 is 0 Å². The zero-order valence-corrected chi connectivity index (χ0v) is 10.7. The predicted molar refractivity (Wildman–Crippen MR) is 70.7 cm³/mol. The molecule has 94 valence electrons. The van der Waals surface area contributed by atoms with Crippen LogP contribution in [0.25, 0.3) is 0 Å². The van der Waals surface area contributed by atoms with Gasteiger partial charge in [0.1, 0.15) is 0 Å². The number of hydrogen-bond acceptors (Lipinski definition) is 2. The van der Waals surface area contributed by atoms with Gasteiger partial charge in [-0.15, -0.1) is 0 Å². The van der Waals surface area contributed by atoms with Crippen molar-refractivity contribution in [2.45, 2.75) is 51.5 Å². The average Bonchev–Trinajstić information content (AvgIpc) is 2.39. The van der Waals surface area contributed by atoms with Gasteiger partial charge in [0, 0.05) is 0 Å². The zero-order valence-electron chi connectivity index (χ0n) is 10.7. The average molecular weight is 233 g/mol. The van der Waals surface area contributed by atoms with Crippen LogP contribution in [0.4, 0.5) is 0 Å². The number of hydroxylamine groups is 1. The Morgan fingerprint density at radius 1 is 1.29 bits per heavy atom. The zero-order chi connectivity index (χ0) is 11.9. The topological polar surface area (TPSA) is 21.3 Å². The van der Waals surface area contributed by atoms with E-state index in [0.29, 0.717) is 6.04 Å². The third-order valence-corrected chi connectivity index (χ3v) is 3.44. The van der Waals surface area contributed by atoms with Gasteiger partial charge >= 0.3 is 0 Å². The number of nitrogens with one attached hydrogen (secondary N) is 1. The van der Waals surface area contributed by atoms with Gasteiger partial charge in [-0.1, -0.05) is 44.0 Å². The van der Waals surface area contributed by atoms with Crippen LogP contribution in [0, 0.1) is 0 Å². The van der Waals surface area contributed by atoms with E-state index in [2.05, 4.69) is 36.7 Å². The Kier molecular flexibility index (Phi) is 5.02. The third-order valence-electron chi connectivity index (χ3n) is 3.44. The fourth-order valence-corrected chi connectivity index (χ4v) is 2.46. The van der Waals surface area contributed by atoms with Crippen molar-refractivity contribution in [1.29, 1.82) is 0 Å². The summed E-state index contributed by atoms with van der Waals surface area (Å²) < 4.78 is 0. The lowest BCUT2D eigenvalue weighted by Gasteiger charge is -2.25. The quantitative estimate of drug-likeness (QED) is 0.596. The molecule has 0 fully saturated rings. The molecule has 0 aliphatic heterocycles. The summed E-state index contributed by atoms with van der Waals surface area (Å²) in [5.74, 6) is 0. The molecular weight excluding hydrogens is 210 g/mol. The van der Waals surface area contributed by atoms with Gasteiger partial charge < -0.3 is 4.84 Å². The normalized spacial score (nSPS) is 19.0. The molecule has 0 aromatic heterocycles. The lowest BCUT2D eigenvalue weighted by atomic mass is 9.88. The molecule has 1 N–H and O–H groups in total. The van der Waals surface area contributed by atoms with Crippen LogP contribution in [0.2, 0.25) is 0 Å². The highest BCUT2D eigenvalue weighted by atomic mass is 16.6. The van der Waals surface area contributed by atoms with Gasteiger partial charge in [0.2, 0.25) is 0 Å². The standard InChI is InChI=1S/C15H23NO/c1-2-3-6-12-17-16-15-11-7-9-13-8-4-5-10-14(13)15/h4-5,8,10,15-16H,2-3,6-7,9,11-12H2,1H3. The molecule has 0 spiro atoms. The van der Waals surface area contributed by atoms with Crippen LogP contribution in [0.5, 0.6) is 0 Å². The molecule has 1 aliphatic carbocycles. The Morgan fingerprint density at radius 3 is 3.06 bits per heavy atom. The van der Waals surface area contributed by atoms with Crippen molar-refractivity contribution in [2.75, 3.05) is 6.61 Å². The molecule has 0 saturated heterocycles. The van der Waals surface area contributed by atoms with E-state index in [1.807, 2.05) is 0 Å². The molecule has 17 heavy (non-hydrogen) atoms. The summed E-state index contributed by atoms with van der Waals surface area (Å²) in [6, 6.07) is 9.10. The summed E-state index contributed by atoms with van der Waals surface area (Å²) >= 11 is 0. The molecule has 2 nitrogen and oxygen atoms in total. The van der Waals surface area contributed by atoms with Crippen LogP contribution in [-0.4, -0.2) is 6.61 Å². The maximum absolute atomic E-state index is 5.58. The van der Waals surface area contributed by atoms with E-state index in [1.54, 1.807) is 0 Å². The van der Waals surface area contributed by atoms with Crippen LogP contribution < -0.4 is 5.48 Å². The molecule has 1 unspecified atom stereocenters. The van der Waals surface area contributed by atoms with Crippen molar-refractivity contribution in [1.82, 2.24) is 5.48 Å². The first-order valence-corrected chi connectivity index (χ1v) is 6.87. The van der Waals surface area contributed by atoms with Crippen LogP contribution in [0.3, 0.4) is 0 Å². The van der Waals surface area contributed by atoms with E-state index >= 15 is 0 Å². The molecule has 2 rings (SSSR count). The summed E-state index contributed by atoms with van der Waals surface area (Å²) in [5, 5.41) is 0. The number of rotatable bonds is 6. The maximum atomic E-state index is 5.58.